The van der Waals surface area contributed by atoms with Crippen LogP contribution in [0.2, 0.25) is 0 Å². The zero-order chi connectivity index (χ0) is 20.8. The third-order valence-corrected chi connectivity index (χ3v) is 5.15. The summed E-state index contributed by atoms with van der Waals surface area (Å²) in [5.74, 6) is -0.139. The first-order valence-corrected chi connectivity index (χ1v) is 8.68. The van der Waals surface area contributed by atoms with Crippen LogP contribution in [0.3, 0.4) is 0 Å². The average molecular weight is 412 g/mol. The van der Waals surface area contributed by atoms with Gasteiger partial charge >= 0.3 is 19.5 Å². The molecule has 1 aromatic rings. The van der Waals surface area contributed by atoms with Gasteiger partial charge in [0, 0.05) is 5.75 Å². The molecule has 2 nitrogen and oxygen atoms in total. The van der Waals surface area contributed by atoms with Crippen LogP contribution in [0.5, 0.6) is 0 Å². The Kier molecular flexibility index (Phi) is 5.78. The maximum atomic E-state index is 13.3. The fourth-order valence-electron chi connectivity index (χ4n) is 2.58. The Balaban J connectivity index is 2.62. The van der Waals surface area contributed by atoms with E-state index < -0.39 is 47.4 Å². The number of benzene rings is 1. The van der Waals surface area contributed by atoms with Crippen molar-refractivity contribution in [3.05, 3.63) is 40.4 Å². The lowest BCUT2D eigenvalue weighted by Crippen LogP contribution is -2.41. The highest BCUT2D eigenvalue weighted by molar-refractivity contribution is 7.80. The minimum atomic E-state index is -4.95. The van der Waals surface area contributed by atoms with Crippen molar-refractivity contribution < 1.29 is 35.7 Å². The van der Waals surface area contributed by atoms with Gasteiger partial charge in [0.05, 0.1) is 22.3 Å². The zero-order valence-corrected chi connectivity index (χ0v) is 16.0. The zero-order valence-electron chi connectivity index (χ0n) is 15.1. The Morgan fingerprint density at radius 1 is 0.963 bits per heavy atom. The van der Waals surface area contributed by atoms with Crippen LogP contribution in [0, 0.1) is 0 Å². The number of thiol groups is 1. The van der Waals surface area contributed by atoms with Gasteiger partial charge in [-0.25, -0.2) is 0 Å². The molecule has 0 saturated carbocycles. The molecule has 0 amide bonds. The second-order valence-electron chi connectivity index (χ2n) is 7.23. The number of hydrogen-bond acceptors (Lipinski definition) is 3. The fourth-order valence-corrected chi connectivity index (χ4v) is 2.82. The molecule has 1 saturated heterocycles. The van der Waals surface area contributed by atoms with E-state index in [1.807, 2.05) is 0 Å². The highest BCUT2D eigenvalue weighted by Gasteiger charge is 2.52. The SMILES string of the molecule is CC1(C)OB(C(=Cc2c(C(F)(F)F)cccc2C(F)(F)F)CS)OC1(C)C. The van der Waals surface area contributed by atoms with E-state index in [2.05, 4.69) is 12.6 Å². The van der Waals surface area contributed by atoms with Gasteiger partial charge in [-0.3, -0.25) is 0 Å². The van der Waals surface area contributed by atoms with Gasteiger partial charge in [-0.2, -0.15) is 39.0 Å². The minimum absolute atomic E-state index is 0.0687. The molecular weight excluding hydrogens is 393 g/mol. The van der Waals surface area contributed by atoms with E-state index in [4.69, 9.17) is 9.31 Å². The Labute approximate surface area is 159 Å². The van der Waals surface area contributed by atoms with Gasteiger partial charge in [0.2, 0.25) is 0 Å². The predicted octanol–water partition coefficient (Wildman–Crippen LogP) is 5.67. The van der Waals surface area contributed by atoms with Crippen LogP contribution in [0.25, 0.3) is 6.08 Å². The first-order valence-electron chi connectivity index (χ1n) is 8.04. The second kappa shape index (κ2) is 7.04. The third-order valence-electron chi connectivity index (χ3n) is 4.79. The topological polar surface area (TPSA) is 18.5 Å². The summed E-state index contributed by atoms with van der Waals surface area (Å²) < 4.78 is 91.4. The maximum absolute atomic E-state index is 13.3. The van der Waals surface area contributed by atoms with Gasteiger partial charge in [-0.15, -0.1) is 0 Å². The molecule has 0 aromatic heterocycles. The van der Waals surface area contributed by atoms with Gasteiger partial charge in [-0.05, 0) is 50.9 Å². The van der Waals surface area contributed by atoms with Crippen LogP contribution in [0.4, 0.5) is 26.3 Å². The molecule has 0 aliphatic carbocycles. The van der Waals surface area contributed by atoms with E-state index in [9.17, 15) is 26.3 Å². The van der Waals surface area contributed by atoms with Gasteiger partial charge < -0.3 is 9.31 Å². The molecule has 1 aliphatic heterocycles. The smallest absolute Gasteiger partial charge is 0.400 e. The summed E-state index contributed by atoms with van der Waals surface area (Å²) in [4.78, 5) is 0. The van der Waals surface area contributed by atoms with Crippen LogP contribution < -0.4 is 0 Å². The van der Waals surface area contributed by atoms with Crippen molar-refractivity contribution in [2.75, 3.05) is 5.75 Å². The molecule has 0 radical (unpaired) electrons. The van der Waals surface area contributed by atoms with Crippen molar-refractivity contribution >= 4 is 25.8 Å². The fraction of sp³-hybridized carbons (Fsp3) is 0.529. The third kappa shape index (κ3) is 4.48. The molecule has 2 rings (SSSR count). The molecule has 0 unspecified atom stereocenters. The van der Waals surface area contributed by atoms with Crippen molar-refractivity contribution in [3.8, 4) is 0 Å². The van der Waals surface area contributed by atoms with Gasteiger partial charge in [0.25, 0.3) is 0 Å². The lowest BCUT2D eigenvalue weighted by Gasteiger charge is -2.32. The molecule has 0 spiro atoms. The maximum Gasteiger partial charge on any atom is 0.491 e. The molecular formula is C17H19BF6O2S. The van der Waals surface area contributed by atoms with Crippen molar-refractivity contribution in [1.82, 2.24) is 0 Å². The quantitative estimate of drug-likeness (QED) is 0.392. The number of rotatable bonds is 3. The summed E-state index contributed by atoms with van der Waals surface area (Å²) in [6.07, 6.45) is -9.09. The number of hydrogen-bond donors (Lipinski definition) is 1. The molecule has 0 N–H and O–H groups in total. The van der Waals surface area contributed by atoms with E-state index in [1.165, 1.54) is 0 Å². The van der Waals surface area contributed by atoms with E-state index in [0.29, 0.717) is 12.1 Å². The lowest BCUT2D eigenvalue weighted by molar-refractivity contribution is -0.143. The van der Waals surface area contributed by atoms with E-state index >= 15 is 0 Å². The Hall–Kier alpha value is -1.13. The standard InChI is InChI=1S/C17H19BF6O2S/c1-14(2)15(3,4)26-18(25-14)10(9-27)8-11-12(16(19,20)21)6-5-7-13(11)17(22,23)24/h5-8,27H,9H2,1-4H3. The molecule has 1 fully saturated rings. The highest BCUT2D eigenvalue weighted by Crippen LogP contribution is 2.42. The Morgan fingerprint density at radius 2 is 1.37 bits per heavy atom. The summed E-state index contributed by atoms with van der Waals surface area (Å²) >= 11 is 4.06. The van der Waals surface area contributed by atoms with Crippen molar-refractivity contribution in [1.29, 1.82) is 0 Å². The number of alkyl halides is 6. The average Bonchev–Trinajstić information content (AvgIpc) is 2.70. The highest BCUT2D eigenvalue weighted by atomic mass is 32.1. The molecule has 27 heavy (non-hydrogen) atoms. The van der Waals surface area contributed by atoms with E-state index in [-0.39, 0.29) is 11.2 Å². The van der Waals surface area contributed by atoms with Crippen LogP contribution in [-0.2, 0) is 21.7 Å². The minimum Gasteiger partial charge on any atom is -0.400 e. The summed E-state index contributed by atoms with van der Waals surface area (Å²) in [6.45, 7) is 6.92. The van der Waals surface area contributed by atoms with Crippen LogP contribution in [0.1, 0.15) is 44.4 Å². The van der Waals surface area contributed by atoms with Crippen molar-refractivity contribution in [2.45, 2.75) is 51.2 Å². The molecule has 1 heterocycles. The summed E-state index contributed by atoms with van der Waals surface area (Å²) in [6, 6.07) is 1.96. The van der Waals surface area contributed by atoms with E-state index in [1.54, 1.807) is 27.7 Å². The molecule has 1 aromatic carbocycles. The van der Waals surface area contributed by atoms with Gasteiger partial charge in [0.15, 0.2) is 0 Å². The van der Waals surface area contributed by atoms with Crippen molar-refractivity contribution in [2.24, 2.45) is 0 Å². The Bertz CT molecular complexity index is 692. The molecule has 0 atom stereocenters. The molecule has 10 heteroatoms. The Morgan fingerprint density at radius 3 is 1.70 bits per heavy atom. The first-order chi connectivity index (χ1) is 12.1. The van der Waals surface area contributed by atoms with Crippen LogP contribution in [0.15, 0.2) is 23.7 Å². The number of halogens is 6. The lowest BCUT2D eigenvalue weighted by atomic mass is 9.77. The first kappa shape index (κ1) is 22.2. The normalized spacial score (nSPS) is 20.3. The molecule has 0 bridgehead atoms. The largest absolute Gasteiger partial charge is 0.491 e. The second-order valence-corrected chi connectivity index (χ2v) is 7.54. The summed E-state index contributed by atoms with van der Waals surface area (Å²) in [5.41, 5.74) is -5.26. The summed E-state index contributed by atoms with van der Waals surface area (Å²) in [5, 5.41) is 0. The summed E-state index contributed by atoms with van der Waals surface area (Å²) in [7, 11) is -1.10. The van der Waals surface area contributed by atoms with Gasteiger partial charge in [-0.1, -0.05) is 12.1 Å². The molecule has 150 valence electrons. The van der Waals surface area contributed by atoms with Crippen molar-refractivity contribution in [3.63, 3.8) is 0 Å². The van der Waals surface area contributed by atoms with Crippen LogP contribution in [-0.4, -0.2) is 24.1 Å². The monoisotopic (exact) mass is 412 g/mol. The predicted molar refractivity (Wildman–Crippen MR) is 94.4 cm³/mol. The van der Waals surface area contributed by atoms with Crippen LogP contribution >= 0.6 is 12.6 Å². The molecule has 1 aliphatic rings. The van der Waals surface area contributed by atoms with Gasteiger partial charge in [0.1, 0.15) is 0 Å². The van der Waals surface area contributed by atoms with E-state index in [0.717, 1.165) is 12.1 Å².